The molecule has 4 heteroatoms. The second-order valence-corrected chi connectivity index (χ2v) is 7.62. The highest BCUT2D eigenvalue weighted by atomic mass is 16.5. The van der Waals surface area contributed by atoms with E-state index in [1.165, 1.54) is 58.2 Å². The number of nitrogens with one attached hydrogen (secondary N) is 1. The molecule has 1 saturated carbocycles. The Balaban J connectivity index is 1.70. The fourth-order valence-corrected chi connectivity index (χ4v) is 4.73. The molecule has 0 bridgehead atoms. The molecular formula is C17H33N3O. The Hall–Kier alpha value is -0.160. The minimum Gasteiger partial charge on any atom is -0.375 e. The van der Waals surface area contributed by atoms with Gasteiger partial charge in [-0.05, 0) is 78.7 Å². The first-order valence-electron chi connectivity index (χ1n) is 8.83. The van der Waals surface area contributed by atoms with Gasteiger partial charge in [0.2, 0.25) is 0 Å². The highest BCUT2D eigenvalue weighted by molar-refractivity contribution is 5.00. The Labute approximate surface area is 130 Å². The topological polar surface area (TPSA) is 27.7 Å². The molecule has 3 fully saturated rings. The Bertz CT molecular complexity index is 345. The van der Waals surface area contributed by atoms with Crippen molar-refractivity contribution >= 4 is 0 Å². The molecule has 0 aromatic carbocycles. The van der Waals surface area contributed by atoms with Crippen molar-refractivity contribution in [2.75, 3.05) is 47.4 Å². The van der Waals surface area contributed by atoms with Crippen molar-refractivity contribution in [3.63, 3.8) is 0 Å². The lowest BCUT2D eigenvalue weighted by Gasteiger charge is -2.50. The Morgan fingerprint density at radius 2 is 2.00 bits per heavy atom. The van der Waals surface area contributed by atoms with Gasteiger partial charge in [0.05, 0.1) is 5.60 Å². The van der Waals surface area contributed by atoms with Crippen LogP contribution in [0, 0.1) is 5.92 Å². The zero-order valence-corrected chi connectivity index (χ0v) is 14.1. The zero-order valence-electron chi connectivity index (χ0n) is 14.1. The molecule has 0 aromatic rings. The SMILES string of the molecule is CNC(C1CCOC2(CCC2)C1)C1CN(C)CCCN1C. The summed E-state index contributed by atoms with van der Waals surface area (Å²) >= 11 is 0. The lowest BCUT2D eigenvalue weighted by atomic mass is 9.69. The summed E-state index contributed by atoms with van der Waals surface area (Å²) in [7, 11) is 6.75. The maximum absolute atomic E-state index is 6.13. The average Bonchev–Trinajstić information content (AvgIpc) is 2.61. The Kier molecular flexibility index (Phi) is 4.89. The molecule has 2 saturated heterocycles. The monoisotopic (exact) mass is 295 g/mol. The zero-order chi connectivity index (χ0) is 14.9. The second-order valence-electron chi connectivity index (χ2n) is 7.62. The summed E-state index contributed by atoms with van der Waals surface area (Å²) in [6.45, 7) is 4.61. The Morgan fingerprint density at radius 1 is 1.19 bits per heavy atom. The molecule has 1 N–H and O–H groups in total. The van der Waals surface area contributed by atoms with Crippen LogP contribution in [0.5, 0.6) is 0 Å². The van der Waals surface area contributed by atoms with E-state index in [-0.39, 0.29) is 5.60 Å². The van der Waals surface area contributed by atoms with E-state index in [2.05, 4.69) is 36.3 Å². The highest BCUT2D eigenvalue weighted by Gasteiger charge is 2.45. The van der Waals surface area contributed by atoms with Crippen LogP contribution in [0.25, 0.3) is 0 Å². The number of hydrogen-bond donors (Lipinski definition) is 1. The standard InChI is InChI=1S/C17H33N3O/c1-18-16(15-13-19(2)9-5-10-20(15)3)14-6-11-21-17(12-14)7-4-8-17/h14-16,18H,4-13H2,1-3H3. The van der Waals surface area contributed by atoms with E-state index >= 15 is 0 Å². The van der Waals surface area contributed by atoms with E-state index in [9.17, 15) is 0 Å². The predicted octanol–water partition coefficient (Wildman–Crippen LogP) is 1.56. The van der Waals surface area contributed by atoms with Crippen LogP contribution in [-0.2, 0) is 4.74 Å². The molecule has 1 spiro atoms. The van der Waals surface area contributed by atoms with Gasteiger partial charge in [-0.25, -0.2) is 0 Å². The van der Waals surface area contributed by atoms with Crippen LogP contribution in [0.1, 0.15) is 38.5 Å². The molecule has 21 heavy (non-hydrogen) atoms. The first-order valence-corrected chi connectivity index (χ1v) is 8.83. The smallest absolute Gasteiger partial charge is 0.0685 e. The molecule has 1 aliphatic carbocycles. The minimum atomic E-state index is 0.257. The van der Waals surface area contributed by atoms with Gasteiger partial charge in [0.15, 0.2) is 0 Å². The van der Waals surface area contributed by atoms with Crippen molar-refractivity contribution < 1.29 is 4.74 Å². The van der Waals surface area contributed by atoms with E-state index in [1.54, 1.807) is 0 Å². The maximum atomic E-state index is 6.13. The van der Waals surface area contributed by atoms with Crippen molar-refractivity contribution in [1.82, 2.24) is 15.1 Å². The fourth-order valence-electron chi connectivity index (χ4n) is 4.73. The number of ether oxygens (including phenoxy) is 1. The molecule has 3 rings (SSSR count). The summed E-state index contributed by atoms with van der Waals surface area (Å²) in [5.74, 6) is 0.767. The minimum absolute atomic E-state index is 0.257. The van der Waals surface area contributed by atoms with Gasteiger partial charge in [-0.1, -0.05) is 0 Å². The third-order valence-corrected chi connectivity index (χ3v) is 6.17. The van der Waals surface area contributed by atoms with E-state index in [4.69, 9.17) is 4.74 Å². The van der Waals surface area contributed by atoms with E-state index in [1.807, 2.05) is 0 Å². The molecule has 3 aliphatic rings. The van der Waals surface area contributed by atoms with Gasteiger partial charge in [-0.3, -0.25) is 0 Å². The van der Waals surface area contributed by atoms with Gasteiger partial charge in [0.25, 0.3) is 0 Å². The molecule has 2 heterocycles. The molecule has 0 aromatic heterocycles. The van der Waals surface area contributed by atoms with Crippen molar-refractivity contribution in [3.05, 3.63) is 0 Å². The Morgan fingerprint density at radius 3 is 2.67 bits per heavy atom. The number of rotatable bonds is 3. The van der Waals surface area contributed by atoms with Crippen LogP contribution in [0.4, 0.5) is 0 Å². The van der Waals surface area contributed by atoms with Crippen LogP contribution in [-0.4, -0.2) is 74.9 Å². The highest BCUT2D eigenvalue weighted by Crippen LogP contribution is 2.45. The van der Waals surface area contributed by atoms with Crippen molar-refractivity contribution in [2.24, 2.45) is 5.92 Å². The summed E-state index contributed by atoms with van der Waals surface area (Å²) in [6.07, 6.45) is 7.73. The van der Waals surface area contributed by atoms with Crippen molar-refractivity contribution in [1.29, 1.82) is 0 Å². The number of hydrogen-bond acceptors (Lipinski definition) is 4. The average molecular weight is 295 g/mol. The van der Waals surface area contributed by atoms with Gasteiger partial charge in [-0.15, -0.1) is 0 Å². The second kappa shape index (κ2) is 6.53. The van der Waals surface area contributed by atoms with E-state index in [0.29, 0.717) is 12.1 Å². The van der Waals surface area contributed by atoms with Gasteiger partial charge in [0, 0.05) is 25.2 Å². The van der Waals surface area contributed by atoms with Crippen molar-refractivity contribution in [2.45, 2.75) is 56.2 Å². The normalized spacial score (nSPS) is 36.1. The van der Waals surface area contributed by atoms with Crippen LogP contribution < -0.4 is 5.32 Å². The lowest BCUT2D eigenvalue weighted by molar-refractivity contribution is -0.149. The third kappa shape index (κ3) is 3.29. The number of likely N-dealkylation sites (N-methyl/N-ethyl adjacent to an activating group) is 3. The van der Waals surface area contributed by atoms with E-state index in [0.717, 1.165) is 12.5 Å². The quantitative estimate of drug-likeness (QED) is 0.855. The van der Waals surface area contributed by atoms with Gasteiger partial charge in [0.1, 0.15) is 0 Å². The predicted molar refractivity (Wildman–Crippen MR) is 86.6 cm³/mol. The summed E-state index contributed by atoms with van der Waals surface area (Å²) < 4.78 is 6.13. The fraction of sp³-hybridized carbons (Fsp3) is 1.00. The molecule has 122 valence electrons. The van der Waals surface area contributed by atoms with E-state index < -0.39 is 0 Å². The summed E-state index contributed by atoms with van der Waals surface area (Å²) in [5.41, 5.74) is 0.257. The van der Waals surface area contributed by atoms with Gasteiger partial charge in [-0.2, -0.15) is 0 Å². The van der Waals surface area contributed by atoms with Crippen LogP contribution >= 0.6 is 0 Å². The molecule has 0 radical (unpaired) electrons. The summed E-state index contributed by atoms with van der Waals surface area (Å²) in [6, 6.07) is 1.22. The van der Waals surface area contributed by atoms with Crippen LogP contribution in [0.2, 0.25) is 0 Å². The van der Waals surface area contributed by atoms with Crippen molar-refractivity contribution in [3.8, 4) is 0 Å². The largest absolute Gasteiger partial charge is 0.375 e. The molecule has 2 aliphatic heterocycles. The third-order valence-electron chi connectivity index (χ3n) is 6.17. The maximum Gasteiger partial charge on any atom is 0.0685 e. The molecule has 0 amide bonds. The molecule has 4 nitrogen and oxygen atoms in total. The van der Waals surface area contributed by atoms with Gasteiger partial charge >= 0.3 is 0 Å². The summed E-state index contributed by atoms with van der Waals surface area (Å²) in [5, 5.41) is 3.68. The molecular weight excluding hydrogens is 262 g/mol. The lowest BCUT2D eigenvalue weighted by Crippen LogP contribution is -2.58. The van der Waals surface area contributed by atoms with Crippen LogP contribution in [0.3, 0.4) is 0 Å². The number of nitrogens with zero attached hydrogens (tertiary/aromatic N) is 2. The first-order chi connectivity index (χ1) is 10.1. The first kappa shape index (κ1) is 15.7. The molecule has 3 unspecified atom stereocenters. The molecule has 3 atom stereocenters. The summed E-state index contributed by atoms with van der Waals surface area (Å²) in [4.78, 5) is 5.10. The van der Waals surface area contributed by atoms with Gasteiger partial charge < -0.3 is 19.9 Å². The van der Waals surface area contributed by atoms with Crippen LogP contribution in [0.15, 0.2) is 0 Å².